The third kappa shape index (κ3) is 10.3. The van der Waals surface area contributed by atoms with Gasteiger partial charge >= 0.3 is 11.9 Å². The fourth-order valence-corrected chi connectivity index (χ4v) is 7.37. The highest BCUT2D eigenvalue weighted by molar-refractivity contribution is 5.95. The molecule has 7 atom stereocenters. The number of hydrogen-bond acceptors (Lipinski definition) is 8. The molecule has 0 saturated carbocycles. The molecule has 290 valence electrons. The zero-order chi connectivity index (χ0) is 38.9. The number of carbonyl (C=O) groups excluding carboxylic acids is 6. The number of amides is 4. The van der Waals surface area contributed by atoms with Crippen LogP contribution >= 0.6 is 0 Å². The number of cyclic esters (lactones) is 2. The predicted octanol–water partition coefficient (Wildman–Crippen LogP) is 4.38. The molecule has 0 spiro atoms. The highest BCUT2D eigenvalue weighted by Crippen LogP contribution is 2.27. The van der Waals surface area contributed by atoms with Crippen molar-refractivity contribution in [2.45, 2.75) is 137 Å². The van der Waals surface area contributed by atoms with Crippen molar-refractivity contribution in [1.82, 2.24) is 20.0 Å². The van der Waals surface area contributed by atoms with E-state index in [1.165, 1.54) is 21.7 Å². The van der Waals surface area contributed by atoms with Gasteiger partial charge in [-0.25, -0.2) is 9.59 Å². The lowest BCUT2D eigenvalue weighted by atomic mass is 9.94. The number of nitrogens with one attached hydrogen (secondary N) is 1. The predicted molar refractivity (Wildman–Crippen MR) is 198 cm³/mol. The molecular formula is C40H62N4O8. The smallest absolute Gasteiger partial charge is 0.329 e. The maximum Gasteiger partial charge on any atom is 0.329 e. The minimum atomic E-state index is -1.28. The van der Waals surface area contributed by atoms with Gasteiger partial charge in [-0.15, -0.1) is 0 Å². The number of esters is 2. The summed E-state index contributed by atoms with van der Waals surface area (Å²) in [6, 6.07) is 5.22. The number of benzene rings is 1. The van der Waals surface area contributed by atoms with Crippen LogP contribution in [0.25, 0.3) is 0 Å². The summed E-state index contributed by atoms with van der Waals surface area (Å²) in [7, 11) is 3.05. The Balaban J connectivity index is 2.16. The third-order valence-electron chi connectivity index (χ3n) is 10.5. The van der Waals surface area contributed by atoms with Crippen molar-refractivity contribution in [3.05, 3.63) is 35.9 Å². The van der Waals surface area contributed by atoms with Gasteiger partial charge in [0.25, 0.3) is 5.91 Å². The van der Waals surface area contributed by atoms with Crippen LogP contribution < -0.4 is 5.32 Å². The molecule has 1 aromatic carbocycles. The Morgan fingerprint density at radius 3 is 1.90 bits per heavy atom. The molecule has 12 nitrogen and oxygen atoms in total. The molecule has 0 aromatic heterocycles. The fraction of sp³-hybridized carbons (Fsp3) is 0.700. The highest BCUT2D eigenvalue weighted by Gasteiger charge is 2.45. The van der Waals surface area contributed by atoms with Crippen LogP contribution in [-0.2, 0) is 44.7 Å². The molecule has 4 amide bonds. The molecule has 2 aliphatic rings. The summed E-state index contributed by atoms with van der Waals surface area (Å²) in [6.07, 6.45) is 1.82. The number of likely N-dealkylation sites (N-methyl/N-ethyl adjacent to an activating group) is 2. The van der Waals surface area contributed by atoms with Crippen molar-refractivity contribution in [2.24, 2.45) is 23.7 Å². The van der Waals surface area contributed by atoms with Gasteiger partial charge in [0.1, 0.15) is 30.3 Å². The van der Waals surface area contributed by atoms with Crippen molar-refractivity contribution in [1.29, 1.82) is 0 Å². The van der Waals surface area contributed by atoms with Crippen LogP contribution in [0, 0.1) is 23.7 Å². The van der Waals surface area contributed by atoms with Gasteiger partial charge in [-0.1, -0.05) is 98.6 Å². The van der Waals surface area contributed by atoms with E-state index < -0.39 is 83.8 Å². The van der Waals surface area contributed by atoms with Crippen LogP contribution in [0.1, 0.15) is 99.5 Å². The lowest BCUT2D eigenvalue weighted by Gasteiger charge is -2.36. The topological polar surface area (TPSA) is 143 Å². The van der Waals surface area contributed by atoms with Crippen molar-refractivity contribution in [3.8, 4) is 0 Å². The standard InChI is InChI=1S/C40H62N4O8/c1-11-12-14-21-30-27(8)35(45)41-32(24(2)3)38(48)43(10)34(26(6)7)40(50)52-31(23-28-18-15-13-16-19-28)37(47)44-22-17-20-29(44)36(46)42(9)33(25(4)5)39(49)51-30/h13,15-16,18-19,24-27,29-34H,11-12,14,17,20-23H2,1-10H3,(H,41,45)/t27?,29-,30?,31+,32-,33-,34-/m0/s1. The maximum absolute atomic E-state index is 14.4. The lowest BCUT2D eigenvalue weighted by Crippen LogP contribution is -2.57. The third-order valence-corrected chi connectivity index (χ3v) is 10.5. The number of carbonyl (C=O) groups is 6. The maximum atomic E-state index is 14.4. The monoisotopic (exact) mass is 726 g/mol. The van der Waals surface area contributed by atoms with Crippen molar-refractivity contribution < 1.29 is 38.2 Å². The number of unbranched alkanes of at least 4 members (excludes halogenated alkanes) is 2. The minimum Gasteiger partial charge on any atom is -0.460 e. The number of rotatable bonds is 9. The second-order valence-corrected chi connectivity index (χ2v) is 15.6. The Bertz CT molecular complexity index is 1400. The van der Waals surface area contributed by atoms with E-state index in [1.54, 1.807) is 41.7 Å². The average Bonchev–Trinajstić information content (AvgIpc) is 3.58. The fourth-order valence-electron chi connectivity index (χ4n) is 7.37. The second-order valence-electron chi connectivity index (χ2n) is 15.6. The molecule has 52 heavy (non-hydrogen) atoms. The van der Waals surface area contributed by atoms with Gasteiger partial charge in [0.2, 0.25) is 17.7 Å². The molecule has 3 rings (SSSR count). The van der Waals surface area contributed by atoms with Gasteiger partial charge in [0, 0.05) is 27.1 Å². The first kappa shape index (κ1) is 42.5. The number of ether oxygens (including phenoxy) is 2. The van der Waals surface area contributed by atoms with Gasteiger partial charge in [-0.2, -0.15) is 0 Å². The van der Waals surface area contributed by atoms with Crippen LogP contribution in [0.5, 0.6) is 0 Å². The van der Waals surface area contributed by atoms with Gasteiger partial charge < -0.3 is 29.5 Å². The molecule has 0 bridgehead atoms. The van der Waals surface area contributed by atoms with Gasteiger partial charge in [-0.3, -0.25) is 19.2 Å². The molecule has 2 heterocycles. The first-order chi connectivity index (χ1) is 24.5. The summed E-state index contributed by atoms with van der Waals surface area (Å²) in [5.74, 6) is -5.19. The molecule has 2 aliphatic heterocycles. The summed E-state index contributed by atoms with van der Waals surface area (Å²) in [5, 5.41) is 2.90. The second kappa shape index (κ2) is 19.2. The summed E-state index contributed by atoms with van der Waals surface area (Å²) >= 11 is 0. The number of fused-ring (bicyclic) bond motifs is 1. The summed E-state index contributed by atoms with van der Waals surface area (Å²) in [4.78, 5) is 88.9. The largest absolute Gasteiger partial charge is 0.460 e. The van der Waals surface area contributed by atoms with Crippen LogP contribution in [-0.4, -0.2) is 107 Å². The lowest BCUT2D eigenvalue weighted by molar-refractivity contribution is -0.169. The molecule has 1 aromatic rings. The van der Waals surface area contributed by atoms with E-state index >= 15 is 0 Å². The first-order valence-corrected chi connectivity index (χ1v) is 19.1. The Morgan fingerprint density at radius 1 is 0.769 bits per heavy atom. The van der Waals surface area contributed by atoms with Crippen molar-refractivity contribution in [2.75, 3.05) is 20.6 Å². The SMILES string of the molecule is CCCCCC1OC(=O)[C@H](C(C)C)N(C)C(=O)[C@@H]2CCCN2C(=O)[C@@H](Cc2ccccc2)OC(=O)[C@H](C(C)C)N(C)C(=O)[C@H](C(C)C)NC(=O)C1C. The van der Waals surface area contributed by atoms with Gasteiger partial charge in [-0.05, 0) is 49.0 Å². The molecule has 2 fully saturated rings. The molecule has 0 aliphatic carbocycles. The molecular weight excluding hydrogens is 664 g/mol. The molecule has 0 radical (unpaired) electrons. The number of hydrogen-bond donors (Lipinski definition) is 1. The molecule has 1 N–H and O–H groups in total. The summed E-state index contributed by atoms with van der Waals surface area (Å²) in [5.41, 5.74) is 0.754. The van der Waals surface area contributed by atoms with E-state index in [1.807, 2.05) is 44.2 Å². The molecule has 2 saturated heterocycles. The Hall–Kier alpha value is -3.96. The quantitative estimate of drug-likeness (QED) is 0.292. The Kier molecular flexibility index (Phi) is 15.7. The minimum absolute atomic E-state index is 0.0596. The molecule has 2 unspecified atom stereocenters. The van der Waals surface area contributed by atoms with E-state index in [0.717, 1.165) is 18.4 Å². The number of nitrogens with zero attached hydrogens (tertiary/aromatic N) is 3. The van der Waals surface area contributed by atoms with E-state index in [0.29, 0.717) is 25.7 Å². The van der Waals surface area contributed by atoms with Crippen molar-refractivity contribution >= 4 is 35.6 Å². The Labute approximate surface area is 310 Å². The zero-order valence-corrected chi connectivity index (χ0v) is 32.9. The van der Waals surface area contributed by atoms with Gasteiger partial charge in [0.15, 0.2) is 6.10 Å². The van der Waals surface area contributed by atoms with Crippen LogP contribution in [0.15, 0.2) is 30.3 Å². The van der Waals surface area contributed by atoms with E-state index in [2.05, 4.69) is 12.2 Å². The average molecular weight is 727 g/mol. The Morgan fingerprint density at radius 2 is 1.35 bits per heavy atom. The van der Waals surface area contributed by atoms with E-state index in [9.17, 15) is 28.8 Å². The molecule has 12 heteroatoms. The van der Waals surface area contributed by atoms with Crippen LogP contribution in [0.4, 0.5) is 0 Å². The van der Waals surface area contributed by atoms with Gasteiger partial charge in [0.05, 0.1) is 5.92 Å². The summed E-state index contributed by atoms with van der Waals surface area (Å²) in [6.45, 7) is 14.8. The zero-order valence-electron chi connectivity index (χ0n) is 32.9. The highest BCUT2D eigenvalue weighted by atomic mass is 16.6. The van der Waals surface area contributed by atoms with Crippen LogP contribution in [0.3, 0.4) is 0 Å². The van der Waals surface area contributed by atoms with E-state index in [4.69, 9.17) is 9.47 Å². The normalized spacial score (nSPS) is 27.7. The van der Waals surface area contributed by atoms with E-state index in [-0.39, 0.29) is 24.8 Å². The van der Waals surface area contributed by atoms with Crippen LogP contribution in [0.2, 0.25) is 0 Å². The van der Waals surface area contributed by atoms with Crippen molar-refractivity contribution in [3.63, 3.8) is 0 Å². The first-order valence-electron chi connectivity index (χ1n) is 19.1. The summed E-state index contributed by atoms with van der Waals surface area (Å²) < 4.78 is 12.2.